The minimum absolute atomic E-state index is 0.0395. The zero-order chi connectivity index (χ0) is 13.7. The van der Waals surface area contributed by atoms with Gasteiger partial charge in [0.05, 0.1) is 0 Å². The van der Waals surface area contributed by atoms with Gasteiger partial charge in [-0.15, -0.1) is 0 Å². The van der Waals surface area contributed by atoms with Gasteiger partial charge in [-0.05, 0) is 57.4 Å². The number of rotatable bonds is 5. The van der Waals surface area contributed by atoms with Gasteiger partial charge in [-0.25, -0.2) is 0 Å². The zero-order valence-corrected chi connectivity index (χ0v) is 12.0. The molecule has 3 nitrogen and oxygen atoms in total. The van der Waals surface area contributed by atoms with E-state index in [1.165, 1.54) is 11.1 Å². The first-order chi connectivity index (χ1) is 8.49. The summed E-state index contributed by atoms with van der Waals surface area (Å²) >= 11 is 0. The van der Waals surface area contributed by atoms with E-state index in [4.69, 9.17) is 4.74 Å². The van der Waals surface area contributed by atoms with Crippen LogP contribution in [0.15, 0.2) is 12.1 Å². The van der Waals surface area contributed by atoms with Crippen LogP contribution < -0.4 is 4.74 Å². The number of aryl methyl sites for hydroxylation is 3. The Morgan fingerprint density at radius 3 is 2.17 bits per heavy atom. The molecule has 0 spiro atoms. The number of likely N-dealkylation sites (N-methyl/N-ethyl adjacent to an activating group) is 1. The molecule has 1 rings (SSSR count). The van der Waals surface area contributed by atoms with Crippen LogP contribution in [-0.4, -0.2) is 30.5 Å². The average Bonchev–Trinajstić information content (AvgIpc) is 2.33. The van der Waals surface area contributed by atoms with Gasteiger partial charge in [0.25, 0.3) is 5.91 Å². The summed E-state index contributed by atoms with van der Waals surface area (Å²) in [7, 11) is 0. The highest BCUT2D eigenvalue weighted by molar-refractivity contribution is 5.77. The van der Waals surface area contributed by atoms with Crippen molar-refractivity contribution in [3.05, 3.63) is 28.8 Å². The molecule has 0 aliphatic heterocycles. The predicted octanol–water partition coefficient (Wildman–Crippen LogP) is 2.86. The summed E-state index contributed by atoms with van der Waals surface area (Å²) in [5, 5.41) is 0. The summed E-state index contributed by atoms with van der Waals surface area (Å²) < 4.78 is 5.63. The Morgan fingerprint density at radius 1 is 1.06 bits per heavy atom. The fraction of sp³-hybridized carbons (Fsp3) is 0.533. The second kappa shape index (κ2) is 6.43. The Kier molecular flexibility index (Phi) is 5.20. The van der Waals surface area contributed by atoms with Crippen molar-refractivity contribution in [3.63, 3.8) is 0 Å². The van der Waals surface area contributed by atoms with Crippen molar-refractivity contribution in [1.29, 1.82) is 0 Å². The molecule has 1 aromatic rings. The lowest BCUT2D eigenvalue weighted by atomic mass is 10.1. The fourth-order valence-electron chi connectivity index (χ4n) is 1.90. The van der Waals surface area contributed by atoms with Crippen molar-refractivity contribution in [2.24, 2.45) is 0 Å². The van der Waals surface area contributed by atoms with E-state index in [-0.39, 0.29) is 12.5 Å². The van der Waals surface area contributed by atoms with Gasteiger partial charge in [0.15, 0.2) is 6.61 Å². The molecule has 0 fully saturated rings. The number of ether oxygens (including phenoxy) is 1. The largest absolute Gasteiger partial charge is 0.483 e. The van der Waals surface area contributed by atoms with Gasteiger partial charge in [-0.3, -0.25) is 4.79 Å². The standard InChI is InChI=1S/C15H23NO2/c1-6-16(7-2)15(17)10-18-14-9-12(4)11(3)8-13(14)5/h8-9H,6-7,10H2,1-5H3. The predicted molar refractivity (Wildman–Crippen MR) is 74.1 cm³/mol. The highest BCUT2D eigenvalue weighted by Gasteiger charge is 2.11. The third kappa shape index (κ3) is 3.49. The molecule has 0 radical (unpaired) electrons. The van der Waals surface area contributed by atoms with Crippen LogP contribution in [0.2, 0.25) is 0 Å². The maximum atomic E-state index is 11.8. The van der Waals surface area contributed by atoms with E-state index in [1.807, 2.05) is 33.8 Å². The summed E-state index contributed by atoms with van der Waals surface area (Å²) in [5.41, 5.74) is 3.51. The van der Waals surface area contributed by atoms with Crippen LogP contribution in [0.3, 0.4) is 0 Å². The van der Waals surface area contributed by atoms with Gasteiger partial charge in [0, 0.05) is 13.1 Å². The van der Waals surface area contributed by atoms with E-state index in [0.717, 1.165) is 24.4 Å². The molecule has 0 N–H and O–H groups in total. The second-order valence-electron chi connectivity index (χ2n) is 4.56. The van der Waals surface area contributed by atoms with Crippen molar-refractivity contribution in [2.45, 2.75) is 34.6 Å². The van der Waals surface area contributed by atoms with E-state index in [9.17, 15) is 4.79 Å². The average molecular weight is 249 g/mol. The molecule has 3 heteroatoms. The smallest absolute Gasteiger partial charge is 0.260 e. The molecular weight excluding hydrogens is 226 g/mol. The molecule has 0 aliphatic carbocycles. The van der Waals surface area contributed by atoms with Crippen LogP contribution in [0.1, 0.15) is 30.5 Å². The summed E-state index contributed by atoms with van der Waals surface area (Å²) in [4.78, 5) is 13.6. The highest BCUT2D eigenvalue weighted by atomic mass is 16.5. The van der Waals surface area contributed by atoms with Crippen LogP contribution in [-0.2, 0) is 4.79 Å². The number of nitrogens with zero attached hydrogens (tertiary/aromatic N) is 1. The van der Waals surface area contributed by atoms with Crippen LogP contribution >= 0.6 is 0 Å². The van der Waals surface area contributed by atoms with Gasteiger partial charge < -0.3 is 9.64 Å². The van der Waals surface area contributed by atoms with Crippen molar-refractivity contribution in [3.8, 4) is 5.75 Å². The summed E-state index contributed by atoms with van der Waals surface area (Å²) in [6, 6.07) is 4.09. The van der Waals surface area contributed by atoms with Gasteiger partial charge in [-0.2, -0.15) is 0 Å². The molecule has 0 unspecified atom stereocenters. The molecule has 1 aromatic carbocycles. The van der Waals surface area contributed by atoms with Crippen molar-refractivity contribution in [2.75, 3.05) is 19.7 Å². The number of hydrogen-bond donors (Lipinski definition) is 0. The summed E-state index contributed by atoms with van der Waals surface area (Å²) in [6.07, 6.45) is 0. The molecule has 0 aromatic heterocycles. The number of carbonyl (C=O) groups is 1. The normalized spacial score (nSPS) is 10.3. The third-order valence-electron chi connectivity index (χ3n) is 3.26. The number of benzene rings is 1. The monoisotopic (exact) mass is 249 g/mol. The fourth-order valence-corrected chi connectivity index (χ4v) is 1.90. The number of carbonyl (C=O) groups excluding carboxylic acids is 1. The first kappa shape index (κ1) is 14.6. The molecule has 0 atom stereocenters. The lowest BCUT2D eigenvalue weighted by molar-refractivity contribution is -0.132. The summed E-state index contributed by atoms with van der Waals surface area (Å²) in [6.45, 7) is 11.6. The molecule has 0 heterocycles. The van der Waals surface area contributed by atoms with E-state index in [2.05, 4.69) is 13.0 Å². The second-order valence-corrected chi connectivity index (χ2v) is 4.56. The first-order valence-electron chi connectivity index (χ1n) is 6.48. The van der Waals surface area contributed by atoms with E-state index >= 15 is 0 Å². The maximum Gasteiger partial charge on any atom is 0.260 e. The van der Waals surface area contributed by atoms with E-state index in [0.29, 0.717) is 0 Å². The minimum atomic E-state index is 0.0395. The van der Waals surface area contributed by atoms with Crippen molar-refractivity contribution in [1.82, 2.24) is 4.90 Å². The zero-order valence-electron chi connectivity index (χ0n) is 12.0. The SMILES string of the molecule is CCN(CC)C(=O)COc1cc(C)c(C)cc1C. The maximum absolute atomic E-state index is 11.8. The Balaban J connectivity index is 2.69. The van der Waals surface area contributed by atoms with Gasteiger partial charge in [-0.1, -0.05) is 6.07 Å². The van der Waals surface area contributed by atoms with Gasteiger partial charge in [0.1, 0.15) is 5.75 Å². The Labute approximate surface area is 110 Å². The molecule has 18 heavy (non-hydrogen) atoms. The molecule has 100 valence electrons. The molecule has 0 saturated carbocycles. The quantitative estimate of drug-likeness (QED) is 0.803. The molecule has 1 amide bonds. The molecule has 0 bridgehead atoms. The van der Waals surface area contributed by atoms with E-state index < -0.39 is 0 Å². The van der Waals surface area contributed by atoms with Gasteiger partial charge >= 0.3 is 0 Å². The molecule has 0 aliphatic rings. The molecule has 0 saturated heterocycles. The van der Waals surface area contributed by atoms with Gasteiger partial charge in [0.2, 0.25) is 0 Å². The highest BCUT2D eigenvalue weighted by Crippen LogP contribution is 2.22. The van der Waals surface area contributed by atoms with Crippen LogP contribution in [0.4, 0.5) is 0 Å². The summed E-state index contributed by atoms with van der Waals surface area (Å²) in [5.74, 6) is 0.844. The Morgan fingerprint density at radius 2 is 1.61 bits per heavy atom. The Bertz CT molecular complexity index is 423. The van der Waals surface area contributed by atoms with Crippen LogP contribution in [0, 0.1) is 20.8 Å². The van der Waals surface area contributed by atoms with E-state index in [1.54, 1.807) is 4.90 Å². The van der Waals surface area contributed by atoms with Crippen molar-refractivity contribution >= 4 is 5.91 Å². The Hall–Kier alpha value is -1.51. The number of amides is 1. The number of hydrogen-bond acceptors (Lipinski definition) is 2. The third-order valence-corrected chi connectivity index (χ3v) is 3.26. The first-order valence-corrected chi connectivity index (χ1v) is 6.48. The minimum Gasteiger partial charge on any atom is -0.483 e. The molecular formula is C15H23NO2. The lowest BCUT2D eigenvalue weighted by Crippen LogP contribution is -2.34. The van der Waals surface area contributed by atoms with Crippen LogP contribution in [0.25, 0.3) is 0 Å². The van der Waals surface area contributed by atoms with Crippen LogP contribution in [0.5, 0.6) is 5.75 Å². The lowest BCUT2D eigenvalue weighted by Gasteiger charge is -2.19. The topological polar surface area (TPSA) is 29.5 Å². The van der Waals surface area contributed by atoms with Crippen molar-refractivity contribution < 1.29 is 9.53 Å².